The molecule has 3 heteroatoms. The maximum Gasteiger partial charge on any atom is 0.0602 e. The summed E-state index contributed by atoms with van der Waals surface area (Å²) in [4.78, 5) is 4.84. The van der Waals surface area contributed by atoms with Gasteiger partial charge in [-0.3, -0.25) is 4.90 Å². The minimum Gasteiger partial charge on any atom is -0.314 e. The Hall–Kier alpha value is -0.560. The minimum atomic E-state index is 0.652. The van der Waals surface area contributed by atoms with Gasteiger partial charge in [0.25, 0.3) is 0 Å². The molecular formula is C13H23N3. The maximum absolute atomic E-state index is 3.45. The molecule has 0 unspecified atom stereocenters. The third-order valence-corrected chi connectivity index (χ3v) is 3.54. The molecule has 2 aliphatic heterocycles. The Morgan fingerprint density at radius 2 is 1.81 bits per heavy atom. The monoisotopic (exact) mass is 221 g/mol. The molecule has 2 aliphatic rings. The lowest BCUT2D eigenvalue weighted by Crippen LogP contribution is -2.43. The highest BCUT2D eigenvalue weighted by Gasteiger charge is 2.14. The molecule has 0 aromatic heterocycles. The van der Waals surface area contributed by atoms with Crippen LogP contribution in [0.4, 0.5) is 0 Å². The summed E-state index contributed by atoms with van der Waals surface area (Å²) in [7, 11) is 2.20. The fraction of sp³-hybridized carbons (Fsp3) is 0.846. The third kappa shape index (κ3) is 3.79. The van der Waals surface area contributed by atoms with Crippen LogP contribution in [-0.4, -0.2) is 62.7 Å². The van der Waals surface area contributed by atoms with Gasteiger partial charge < -0.3 is 10.2 Å². The number of hydrogen-bond donors (Lipinski definition) is 1. The summed E-state index contributed by atoms with van der Waals surface area (Å²) in [5.74, 6) is 7.47. The molecule has 0 amide bonds. The average Bonchev–Trinajstić information content (AvgIpc) is 2.33. The van der Waals surface area contributed by atoms with E-state index in [-0.39, 0.29) is 0 Å². The molecule has 0 aromatic carbocycles. The van der Waals surface area contributed by atoms with Crippen LogP contribution in [0.5, 0.6) is 0 Å². The van der Waals surface area contributed by atoms with Gasteiger partial charge in [-0.15, -0.1) is 0 Å². The molecular weight excluding hydrogens is 198 g/mol. The van der Waals surface area contributed by atoms with Crippen molar-refractivity contribution in [3.8, 4) is 11.8 Å². The van der Waals surface area contributed by atoms with E-state index in [0.717, 1.165) is 32.7 Å². The van der Waals surface area contributed by atoms with Gasteiger partial charge in [-0.1, -0.05) is 11.8 Å². The van der Waals surface area contributed by atoms with Crippen LogP contribution >= 0.6 is 0 Å². The zero-order valence-corrected chi connectivity index (χ0v) is 10.3. The second-order valence-corrected chi connectivity index (χ2v) is 4.92. The predicted octanol–water partition coefficient (Wildman–Crippen LogP) is 0.237. The molecule has 0 atom stereocenters. The normalized spacial score (nSPS) is 25.1. The number of piperazine rings is 1. The van der Waals surface area contributed by atoms with Gasteiger partial charge in [0.15, 0.2) is 0 Å². The molecule has 0 spiro atoms. The zero-order chi connectivity index (χ0) is 11.2. The van der Waals surface area contributed by atoms with Crippen molar-refractivity contribution in [3.63, 3.8) is 0 Å². The first kappa shape index (κ1) is 11.9. The molecule has 0 aromatic rings. The van der Waals surface area contributed by atoms with Gasteiger partial charge >= 0.3 is 0 Å². The smallest absolute Gasteiger partial charge is 0.0602 e. The number of nitrogens with one attached hydrogen (secondary N) is 1. The summed E-state index contributed by atoms with van der Waals surface area (Å²) in [6.07, 6.45) is 2.51. The van der Waals surface area contributed by atoms with Crippen molar-refractivity contribution in [3.05, 3.63) is 0 Å². The molecule has 1 N–H and O–H groups in total. The van der Waals surface area contributed by atoms with Crippen LogP contribution in [0.3, 0.4) is 0 Å². The molecule has 3 nitrogen and oxygen atoms in total. The van der Waals surface area contributed by atoms with Gasteiger partial charge in [0.1, 0.15) is 0 Å². The number of piperidine rings is 1. The summed E-state index contributed by atoms with van der Waals surface area (Å²) in [6.45, 7) is 7.95. The average molecular weight is 221 g/mol. The zero-order valence-electron chi connectivity index (χ0n) is 10.3. The van der Waals surface area contributed by atoms with Crippen molar-refractivity contribution in [2.45, 2.75) is 12.8 Å². The fourth-order valence-electron chi connectivity index (χ4n) is 2.32. The van der Waals surface area contributed by atoms with Crippen LogP contribution in [-0.2, 0) is 0 Å². The van der Waals surface area contributed by atoms with Gasteiger partial charge in [0.2, 0.25) is 0 Å². The molecule has 2 rings (SSSR count). The predicted molar refractivity (Wildman–Crippen MR) is 67.3 cm³/mol. The van der Waals surface area contributed by atoms with Crippen molar-refractivity contribution in [1.82, 2.24) is 15.1 Å². The van der Waals surface area contributed by atoms with Crippen LogP contribution in [0.15, 0.2) is 0 Å². The van der Waals surface area contributed by atoms with Gasteiger partial charge in [-0.2, -0.15) is 0 Å². The largest absolute Gasteiger partial charge is 0.314 e. The lowest BCUT2D eigenvalue weighted by atomic mass is 9.98. The van der Waals surface area contributed by atoms with Crippen molar-refractivity contribution in [2.24, 2.45) is 5.92 Å². The third-order valence-electron chi connectivity index (χ3n) is 3.54. The molecule has 0 bridgehead atoms. The molecule has 0 radical (unpaired) electrons. The number of hydrogen-bond acceptors (Lipinski definition) is 3. The Bertz CT molecular complexity index is 252. The van der Waals surface area contributed by atoms with Crippen molar-refractivity contribution in [2.75, 3.05) is 52.9 Å². The fourth-order valence-corrected chi connectivity index (χ4v) is 2.32. The van der Waals surface area contributed by atoms with E-state index >= 15 is 0 Å². The van der Waals surface area contributed by atoms with Gasteiger partial charge in [-0.05, 0) is 33.0 Å². The van der Waals surface area contributed by atoms with Crippen LogP contribution in [0, 0.1) is 17.8 Å². The van der Waals surface area contributed by atoms with E-state index in [1.54, 1.807) is 0 Å². The van der Waals surface area contributed by atoms with E-state index in [0.29, 0.717) is 5.92 Å². The first-order valence-electron chi connectivity index (χ1n) is 6.44. The highest BCUT2D eigenvalue weighted by Crippen LogP contribution is 2.14. The SMILES string of the molecule is CN1CCC(C#CCN2CCNCC2)CC1. The van der Waals surface area contributed by atoms with E-state index < -0.39 is 0 Å². The highest BCUT2D eigenvalue weighted by molar-refractivity contribution is 5.06. The Morgan fingerprint density at radius 1 is 1.12 bits per heavy atom. The van der Waals surface area contributed by atoms with Gasteiger partial charge in [0.05, 0.1) is 6.54 Å². The minimum absolute atomic E-state index is 0.652. The van der Waals surface area contributed by atoms with Crippen molar-refractivity contribution in [1.29, 1.82) is 0 Å². The summed E-state index contributed by atoms with van der Waals surface area (Å²) >= 11 is 0. The standard InChI is InChI=1S/C13H23N3/c1-15-9-4-13(5-10-15)3-2-8-16-11-6-14-7-12-16/h13-14H,4-12H2,1H3. The molecule has 0 aliphatic carbocycles. The second kappa shape index (κ2) is 6.24. The van der Waals surface area contributed by atoms with E-state index in [9.17, 15) is 0 Å². The maximum atomic E-state index is 3.45. The molecule has 2 fully saturated rings. The Balaban J connectivity index is 1.68. The van der Waals surface area contributed by atoms with Crippen molar-refractivity contribution < 1.29 is 0 Å². The topological polar surface area (TPSA) is 18.5 Å². The summed E-state index contributed by atoms with van der Waals surface area (Å²) < 4.78 is 0. The van der Waals surface area contributed by atoms with Gasteiger partial charge in [0, 0.05) is 32.1 Å². The lowest BCUT2D eigenvalue weighted by Gasteiger charge is -2.26. The van der Waals surface area contributed by atoms with E-state index in [2.05, 4.69) is 34.0 Å². The molecule has 2 heterocycles. The van der Waals surface area contributed by atoms with Crippen molar-refractivity contribution >= 4 is 0 Å². The summed E-state index contributed by atoms with van der Waals surface area (Å²) in [6, 6.07) is 0. The number of nitrogens with zero attached hydrogens (tertiary/aromatic N) is 2. The molecule has 0 saturated carbocycles. The molecule has 2 saturated heterocycles. The van der Waals surface area contributed by atoms with E-state index in [4.69, 9.17) is 0 Å². The van der Waals surface area contributed by atoms with Crippen LogP contribution < -0.4 is 5.32 Å². The number of likely N-dealkylation sites (tertiary alicyclic amines) is 1. The van der Waals surface area contributed by atoms with Crippen LogP contribution in [0.25, 0.3) is 0 Å². The molecule has 90 valence electrons. The lowest BCUT2D eigenvalue weighted by molar-refractivity contribution is 0.247. The van der Waals surface area contributed by atoms with Crippen LogP contribution in [0.2, 0.25) is 0 Å². The van der Waals surface area contributed by atoms with E-state index in [1.807, 2.05) is 0 Å². The van der Waals surface area contributed by atoms with Crippen LogP contribution in [0.1, 0.15) is 12.8 Å². The Labute approximate surface area is 99.2 Å². The van der Waals surface area contributed by atoms with E-state index in [1.165, 1.54) is 25.9 Å². The first-order valence-corrected chi connectivity index (χ1v) is 6.44. The summed E-state index contributed by atoms with van der Waals surface area (Å²) in [5, 5.41) is 3.36. The molecule has 16 heavy (non-hydrogen) atoms. The second-order valence-electron chi connectivity index (χ2n) is 4.92. The Morgan fingerprint density at radius 3 is 2.50 bits per heavy atom. The Kier molecular flexibility index (Phi) is 4.65. The number of rotatable bonds is 1. The van der Waals surface area contributed by atoms with Gasteiger partial charge in [-0.25, -0.2) is 0 Å². The summed E-state index contributed by atoms with van der Waals surface area (Å²) in [5.41, 5.74) is 0. The highest BCUT2D eigenvalue weighted by atomic mass is 15.2. The quantitative estimate of drug-likeness (QED) is 0.640. The first-order chi connectivity index (χ1) is 7.84.